The van der Waals surface area contributed by atoms with Crippen molar-refractivity contribution in [3.05, 3.63) is 26.1 Å². The summed E-state index contributed by atoms with van der Waals surface area (Å²) in [6, 6.07) is 2.39. The molecular formula is C24H41Cs2N4O7P. The molecule has 0 bridgehead atoms. The minimum atomic E-state index is -1.48. The Morgan fingerprint density at radius 3 is 2.26 bits per heavy atom. The van der Waals surface area contributed by atoms with E-state index in [0.717, 1.165) is 0 Å². The van der Waals surface area contributed by atoms with Crippen molar-refractivity contribution in [2.24, 2.45) is 0 Å². The Morgan fingerprint density at radius 1 is 1.18 bits per heavy atom. The zero-order valence-corrected chi connectivity index (χ0v) is 37.7. The molecule has 4 atom stereocenters. The molecule has 0 radical (unpaired) electrons. The van der Waals surface area contributed by atoms with Crippen LogP contribution in [-0.2, 0) is 32.8 Å². The summed E-state index contributed by atoms with van der Waals surface area (Å²) in [4.78, 5) is 23.9. The second-order valence-corrected chi connectivity index (χ2v) is 10.2. The van der Waals surface area contributed by atoms with Crippen LogP contribution in [-0.4, -0.2) is 85.6 Å². The molecule has 38 heavy (non-hydrogen) atoms. The first-order valence-electron chi connectivity index (χ1n) is 11.9. The molecule has 0 aliphatic carbocycles. The molecule has 0 saturated carbocycles. The van der Waals surface area contributed by atoms with Gasteiger partial charge >= 0.3 is 138 Å². The molecule has 0 spiro atoms. The average molecular weight is 794 g/mol. The Labute approximate surface area is 347 Å². The summed E-state index contributed by atoms with van der Waals surface area (Å²) in [7, 11) is 1.79. The van der Waals surface area contributed by atoms with Gasteiger partial charge in [0.15, 0.2) is 6.23 Å². The Morgan fingerprint density at radius 2 is 1.79 bits per heavy atom. The monoisotopic (exact) mass is 794 g/mol. The zero-order valence-electron chi connectivity index (χ0n) is 24.2. The summed E-state index contributed by atoms with van der Waals surface area (Å²) in [5.74, 6) is -1.60. The number of carbonyl (C=O) groups is 2. The number of ether oxygens (including phenoxy) is 3. The summed E-state index contributed by atoms with van der Waals surface area (Å²) < 4.78 is 32.7. The molecular weight excluding hydrogens is 753 g/mol. The van der Waals surface area contributed by atoms with E-state index in [-0.39, 0.29) is 170 Å². The topological polar surface area (TPSA) is 123 Å². The van der Waals surface area contributed by atoms with Gasteiger partial charge in [-0.2, -0.15) is 5.26 Å². The van der Waals surface area contributed by atoms with Crippen LogP contribution in [0.4, 0.5) is 0 Å². The predicted octanol–water partition coefficient (Wildman–Crippen LogP) is -3.09. The summed E-state index contributed by atoms with van der Waals surface area (Å²) in [5, 5.41) is 11.0. The van der Waals surface area contributed by atoms with Crippen LogP contribution in [0.5, 0.6) is 0 Å². The van der Waals surface area contributed by atoms with Crippen molar-refractivity contribution in [1.29, 1.82) is 5.26 Å². The molecule has 1 aliphatic rings. The molecule has 1 saturated heterocycles. The third-order valence-corrected chi connectivity index (χ3v) is 7.55. The van der Waals surface area contributed by atoms with Crippen LogP contribution < -0.4 is 143 Å². The SMILES string of the molecule is [CH2-]CC1(C[CH2-])OC(C(COP(OCCC#N)N(C(C)C)C(C)C)OC)C(N(C)/C=C\C(=O)NC=O)O1.[Cs+].[Cs+]. The molecule has 1 N–H and O–H groups in total. The van der Waals surface area contributed by atoms with E-state index in [0.29, 0.717) is 19.3 Å². The van der Waals surface area contributed by atoms with Crippen LogP contribution in [0.3, 0.4) is 0 Å². The van der Waals surface area contributed by atoms with Gasteiger partial charge in [-0.3, -0.25) is 14.9 Å². The Kier molecular flexibility index (Phi) is 25.7. The van der Waals surface area contributed by atoms with Gasteiger partial charge in [-0.1, -0.05) is 0 Å². The fourth-order valence-electron chi connectivity index (χ4n) is 3.68. The third kappa shape index (κ3) is 13.8. The van der Waals surface area contributed by atoms with Gasteiger partial charge in [0.05, 0.1) is 25.7 Å². The first kappa shape index (κ1) is 42.6. The summed E-state index contributed by atoms with van der Waals surface area (Å²) >= 11 is 0. The predicted molar refractivity (Wildman–Crippen MR) is 135 cm³/mol. The average Bonchev–Trinajstić information content (AvgIpc) is 3.23. The van der Waals surface area contributed by atoms with Crippen LogP contribution in [0.2, 0.25) is 0 Å². The molecule has 0 aromatic rings. The van der Waals surface area contributed by atoms with Gasteiger partial charge in [0.1, 0.15) is 18.0 Å². The summed E-state index contributed by atoms with van der Waals surface area (Å²) in [6.45, 7) is 16.5. The van der Waals surface area contributed by atoms with Crippen LogP contribution in [0.25, 0.3) is 0 Å². The maximum Gasteiger partial charge on any atom is 1.00 e. The van der Waals surface area contributed by atoms with Gasteiger partial charge in [0.25, 0.3) is 14.4 Å². The quantitative estimate of drug-likeness (QED) is 0.0534. The standard InChI is InChI=1S/C24H41N4O7P.2Cs/c1-9-24(10-2)34-22(23(35-24)27(7)14-12-21(30)26-17-29)20(31-8)16-33-36(32-15-11-13-25)28(18(3)4)19(5)6;;/h12,14,17-20,22-23H,1-2,9-11,15-16H2,3-8H3,(H,26,29,30);;/q-2;2*+1/b14-12-;;. The molecule has 206 valence electrons. The van der Waals surface area contributed by atoms with Crippen molar-refractivity contribution in [3.8, 4) is 6.07 Å². The number of likely N-dealkylation sites (N-methyl/N-ethyl adjacent to an activating group) is 1. The molecule has 11 nitrogen and oxygen atoms in total. The number of hydrogen-bond acceptors (Lipinski definition) is 10. The van der Waals surface area contributed by atoms with Gasteiger partial charge in [-0.15, -0.1) is 12.8 Å². The number of carbonyl (C=O) groups excluding carboxylic acids is 2. The van der Waals surface area contributed by atoms with Crippen LogP contribution in [0.15, 0.2) is 12.3 Å². The number of nitriles is 1. The van der Waals surface area contributed by atoms with E-state index in [1.807, 2.05) is 0 Å². The van der Waals surface area contributed by atoms with Gasteiger partial charge in [0, 0.05) is 38.5 Å². The van der Waals surface area contributed by atoms with E-state index in [1.165, 1.54) is 12.3 Å². The molecule has 0 aromatic heterocycles. The minimum Gasteiger partial charge on any atom is -0.376 e. The summed E-state index contributed by atoms with van der Waals surface area (Å²) in [5.41, 5.74) is 0. The van der Waals surface area contributed by atoms with Crippen molar-refractivity contribution < 1.29 is 171 Å². The third-order valence-electron chi connectivity index (χ3n) is 5.47. The normalized spacial score (nSPS) is 20.1. The zero-order chi connectivity index (χ0) is 27.3. The Hall–Kier alpha value is 2.46. The van der Waals surface area contributed by atoms with Crippen molar-refractivity contribution >= 4 is 20.8 Å². The van der Waals surface area contributed by atoms with E-state index in [4.69, 9.17) is 28.5 Å². The van der Waals surface area contributed by atoms with E-state index in [2.05, 4.69) is 57.6 Å². The fraction of sp³-hybridized carbons (Fsp3) is 0.708. The number of imide groups is 1. The summed E-state index contributed by atoms with van der Waals surface area (Å²) in [6.07, 6.45) is 2.05. The van der Waals surface area contributed by atoms with Crippen molar-refractivity contribution in [1.82, 2.24) is 14.9 Å². The molecule has 0 aromatic carbocycles. The van der Waals surface area contributed by atoms with Crippen LogP contribution in [0, 0.1) is 25.2 Å². The first-order chi connectivity index (χ1) is 17.1. The molecule has 1 heterocycles. The number of nitrogens with one attached hydrogen (secondary N) is 1. The van der Waals surface area contributed by atoms with Gasteiger partial charge < -0.3 is 42.0 Å². The molecule has 4 unspecified atom stereocenters. The van der Waals surface area contributed by atoms with E-state index < -0.39 is 38.7 Å². The Bertz CT molecular complexity index is 746. The second-order valence-electron chi connectivity index (χ2n) is 8.73. The van der Waals surface area contributed by atoms with Gasteiger partial charge in [-0.05, 0) is 27.7 Å². The molecule has 1 rings (SSSR count). The van der Waals surface area contributed by atoms with E-state index >= 15 is 0 Å². The second kappa shape index (κ2) is 22.9. The maximum absolute atomic E-state index is 11.7. The van der Waals surface area contributed by atoms with E-state index in [1.54, 1.807) is 19.1 Å². The molecule has 14 heteroatoms. The van der Waals surface area contributed by atoms with Crippen LogP contribution in [0.1, 0.15) is 47.0 Å². The smallest absolute Gasteiger partial charge is 0.376 e. The first-order valence-corrected chi connectivity index (χ1v) is 13.0. The number of rotatable bonds is 17. The maximum atomic E-state index is 11.7. The van der Waals surface area contributed by atoms with Crippen molar-refractivity contribution in [3.63, 3.8) is 0 Å². The fourth-order valence-corrected chi connectivity index (χ4v) is 5.30. The van der Waals surface area contributed by atoms with Crippen molar-refractivity contribution in [2.75, 3.05) is 27.4 Å². The molecule has 1 aliphatic heterocycles. The van der Waals surface area contributed by atoms with E-state index in [9.17, 15) is 9.59 Å². The van der Waals surface area contributed by atoms with Crippen molar-refractivity contribution in [2.45, 2.75) is 83.3 Å². The number of nitrogens with zero attached hydrogens (tertiary/aromatic N) is 3. The molecule has 2 amide bonds. The number of amides is 2. The van der Waals surface area contributed by atoms with Gasteiger partial charge in [-0.25, -0.2) is 4.67 Å². The molecule has 1 fully saturated rings. The Balaban J connectivity index is 0. The number of hydrogen-bond donors (Lipinski definition) is 1. The van der Waals surface area contributed by atoms with Crippen LogP contribution >= 0.6 is 8.53 Å². The number of methoxy groups -OCH3 is 1. The largest absolute Gasteiger partial charge is 1.00 e. The van der Waals surface area contributed by atoms with Gasteiger partial charge in [0.2, 0.25) is 6.41 Å². The minimum absolute atomic E-state index is 0.